The zero-order chi connectivity index (χ0) is 10.8. The Balaban J connectivity index is 2.03. The Morgan fingerprint density at radius 3 is 3.07 bits per heavy atom. The number of carbonyl (C=O) groups is 2. The quantitative estimate of drug-likeness (QED) is 0.767. The van der Waals surface area contributed by atoms with Crippen LogP contribution in [-0.2, 0) is 22.6 Å². The van der Waals surface area contributed by atoms with Gasteiger partial charge in [-0.2, -0.15) is 0 Å². The first-order valence-corrected chi connectivity index (χ1v) is 5.59. The highest BCUT2D eigenvalue weighted by Crippen LogP contribution is 2.24. The van der Waals surface area contributed by atoms with Crippen molar-refractivity contribution in [2.75, 3.05) is 6.54 Å². The van der Waals surface area contributed by atoms with Crippen molar-refractivity contribution in [3.63, 3.8) is 0 Å². The fourth-order valence-corrected chi connectivity index (χ4v) is 2.59. The minimum atomic E-state index is -1.06. The summed E-state index contributed by atoms with van der Waals surface area (Å²) in [6.45, 7) is 1.20. The standard InChI is InChI=1S/C10H11NO3S/c12-9(5-10(13)14)11-3-1-8-7(6-11)2-4-15-8/h2,4H,1,3,5-6H2,(H,13,14). The summed E-state index contributed by atoms with van der Waals surface area (Å²) in [5.74, 6) is -1.35. The van der Waals surface area contributed by atoms with Crippen LogP contribution in [0.5, 0.6) is 0 Å². The smallest absolute Gasteiger partial charge is 0.312 e. The summed E-state index contributed by atoms with van der Waals surface area (Å²) >= 11 is 1.70. The number of amides is 1. The van der Waals surface area contributed by atoms with E-state index in [1.165, 1.54) is 4.88 Å². The molecule has 0 aromatic carbocycles. The highest BCUT2D eigenvalue weighted by molar-refractivity contribution is 7.10. The molecule has 1 amide bonds. The van der Waals surface area contributed by atoms with Crippen LogP contribution in [0.3, 0.4) is 0 Å². The third-order valence-corrected chi connectivity index (χ3v) is 3.49. The van der Waals surface area contributed by atoms with E-state index in [1.807, 2.05) is 11.4 Å². The van der Waals surface area contributed by atoms with Gasteiger partial charge in [0.15, 0.2) is 0 Å². The van der Waals surface area contributed by atoms with E-state index in [0.29, 0.717) is 13.1 Å². The maximum absolute atomic E-state index is 11.5. The molecule has 0 atom stereocenters. The van der Waals surface area contributed by atoms with Gasteiger partial charge in [0, 0.05) is 18.0 Å². The zero-order valence-corrected chi connectivity index (χ0v) is 8.92. The summed E-state index contributed by atoms with van der Waals surface area (Å²) in [5.41, 5.74) is 1.16. The third-order valence-electron chi connectivity index (χ3n) is 2.46. The van der Waals surface area contributed by atoms with Gasteiger partial charge in [0.1, 0.15) is 6.42 Å². The van der Waals surface area contributed by atoms with Crippen LogP contribution in [0.2, 0.25) is 0 Å². The SMILES string of the molecule is O=C(O)CC(=O)N1CCc2sccc2C1. The Labute approximate surface area is 91.1 Å². The molecule has 0 bridgehead atoms. The summed E-state index contributed by atoms with van der Waals surface area (Å²) in [5, 5.41) is 10.5. The number of nitrogens with zero attached hydrogens (tertiary/aromatic N) is 1. The molecule has 1 aliphatic rings. The van der Waals surface area contributed by atoms with Gasteiger partial charge in [0.2, 0.25) is 5.91 Å². The molecule has 5 heteroatoms. The van der Waals surface area contributed by atoms with Gasteiger partial charge < -0.3 is 10.0 Å². The monoisotopic (exact) mass is 225 g/mol. The summed E-state index contributed by atoms with van der Waals surface area (Å²) < 4.78 is 0. The molecule has 2 heterocycles. The Kier molecular flexibility index (Phi) is 2.73. The molecular formula is C10H11NO3S. The number of rotatable bonds is 2. The van der Waals surface area contributed by atoms with Crippen LogP contribution in [0.25, 0.3) is 0 Å². The Hall–Kier alpha value is -1.36. The average molecular weight is 225 g/mol. The Morgan fingerprint density at radius 2 is 2.33 bits per heavy atom. The van der Waals surface area contributed by atoms with Gasteiger partial charge >= 0.3 is 5.97 Å². The van der Waals surface area contributed by atoms with Crippen molar-refractivity contribution in [1.82, 2.24) is 4.90 Å². The Morgan fingerprint density at radius 1 is 1.53 bits per heavy atom. The van der Waals surface area contributed by atoms with E-state index in [-0.39, 0.29) is 5.91 Å². The summed E-state index contributed by atoms with van der Waals surface area (Å²) in [4.78, 5) is 24.8. The Bertz CT molecular complexity index is 399. The van der Waals surface area contributed by atoms with E-state index < -0.39 is 12.4 Å². The van der Waals surface area contributed by atoms with Gasteiger partial charge in [0.05, 0.1) is 0 Å². The number of fused-ring (bicyclic) bond motifs is 1. The van der Waals surface area contributed by atoms with Crippen LogP contribution >= 0.6 is 11.3 Å². The second-order valence-electron chi connectivity index (χ2n) is 3.50. The van der Waals surface area contributed by atoms with Gasteiger partial charge in [0.25, 0.3) is 0 Å². The molecule has 0 saturated heterocycles. The van der Waals surface area contributed by atoms with Crippen molar-refractivity contribution in [3.8, 4) is 0 Å². The van der Waals surface area contributed by atoms with Crippen LogP contribution in [0.1, 0.15) is 16.9 Å². The van der Waals surface area contributed by atoms with Gasteiger partial charge in [-0.1, -0.05) is 0 Å². The molecule has 0 radical (unpaired) electrons. The number of hydrogen-bond donors (Lipinski definition) is 1. The molecule has 0 aliphatic carbocycles. The van der Waals surface area contributed by atoms with Crippen LogP contribution in [-0.4, -0.2) is 28.4 Å². The maximum Gasteiger partial charge on any atom is 0.312 e. The van der Waals surface area contributed by atoms with E-state index in [4.69, 9.17) is 5.11 Å². The van der Waals surface area contributed by atoms with E-state index in [0.717, 1.165) is 12.0 Å². The summed E-state index contributed by atoms with van der Waals surface area (Å²) in [6.07, 6.45) is 0.442. The molecule has 0 spiro atoms. The van der Waals surface area contributed by atoms with Crippen molar-refractivity contribution in [3.05, 3.63) is 21.9 Å². The first-order valence-electron chi connectivity index (χ1n) is 4.71. The molecule has 1 aromatic rings. The number of thiophene rings is 1. The highest BCUT2D eigenvalue weighted by Gasteiger charge is 2.22. The van der Waals surface area contributed by atoms with Crippen molar-refractivity contribution >= 4 is 23.2 Å². The molecule has 1 aliphatic heterocycles. The minimum absolute atomic E-state index is 0.292. The zero-order valence-electron chi connectivity index (χ0n) is 8.10. The largest absolute Gasteiger partial charge is 0.481 e. The van der Waals surface area contributed by atoms with Gasteiger partial charge in [-0.3, -0.25) is 9.59 Å². The molecular weight excluding hydrogens is 214 g/mol. The fraction of sp³-hybridized carbons (Fsp3) is 0.400. The first kappa shape index (κ1) is 10.2. The fourth-order valence-electron chi connectivity index (χ4n) is 1.70. The molecule has 0 unspecified atom stereocenters. The molecule has 1 N–H and O–H groups in total. The predicted octanol–water partition coefficient (Wildman–Crippen LogP) is 1.11. The van der Waals surface area contributed by atoms with Crippen LogP contribution in [0.15, 0.2) is 11.4 Å². The number of carboxylic acids is 1. The lowest BCUT2D eigenvalue weighted by Crippen LogP contribution is -2.36. The van der Waals surface area contributed by atoms with Gasteiger partial charge in [-0.25, -0.2) is 0 Å². The predicted molar refractivity (Wildman–Crippen MR) is 55.7 cm³/mol. The van der Waals surface area contributed by atoms with E-state index in [9.17, 15) is 9.59 Å². The number of carbonyl (C=O) groups excluding carboxylic acids is 1. The number of aliphatic carboxylic acids is 1. The second-order valence-corrected chi connectivity index (χ2v) is 4.51. The second kappa shape index (κ2) is 4.02. The molecule has 80 valence electrons. The summed E-state index contributed by atoms with van der Waals surface area (Å²) in [6, 6.07) is 2.00. The number of hydrogen-bond acceptors (Lipinski definition) is 3. The highest BCUT2D eigenvalue weighted by atomic mass is 32.1. The van der Waals surface area contributed by atoms with Crippen LogP contribution < -0.4 is 0 Å². The first-order chi connectivity index (χ1) is 7.16. The van der Waals surface area contributed by atoms with Gasteiger partial charge in [-0.05, 0) is 23.4 Å². The summed E-state index contributed by atoms with van der Waals surface area (Å²) in [7, 11) is 0. The molecule has 2 rings (SSSR count). The van der Waals surface area contributed by atoms with Crippen molar-refractivity contribution < 1.29 is 14.7 Å². The maximum atomic E-state index is 11.5. The average Bonchev–Trinajstić information content (AvgIpc) is 2.62. The van der Waals surface area contributed by atoms with Crippen molar-refractivity contribution in [2.24, 2.45) is 0 Å². The van der Waals surface area contributed by atoms with Crippen LogP contribution in [0, 0.1) is 0 Å². The molecule has 4 nitrogen and oxygen atoms in total. The van der Waals surface area contributed by atoms with E-state index in [1.54, 1.807) is 16.2 Å². The topological polar surface area (TPSA) is 57.6 Å². The van der Waals surface area contributed by atoms with Crippen molar-refractivity contribution in [1.29, 1.82) is 0 Å². The lowest BCUT2D eigenvalue weighted by Gasteiger charge is -2.26. The van der Waals surface area contributed by atoms with E-state index in [2.05, 4.69) is 0 Å². The molecule has 1 aromatic heterocycles. The van der Waals surface area contributed by atoms with E-state index >= 15 is 0 Å². The van der Waals surface area contributed by atoms with Crippen LogP contribution in [0.4, 0.5) is 0 Å². The molecule has 15 heavy (non-hydrogen) atoms. The lowest BCUT2D eigenvalue weighted by atomic mass is 10.1. The molecule has 0 fully saturated rings. The lowest BCUT2D eigenvalue weighted by molar-refractivity contribution is -0.144. The number of carboxylic acid groups (broad SMARTS) is 1. The normalized spacial score (nSPS) is 14.8. The minimum Gasteiger partial charge on any atom is -0.481 e. The third kappa shape index (κ3) is 2.18. The van der Waals surface area contributed by atoms with Crippen molar-refractivity contribution in [2.45, 2.75) is 19.4 Å². The molecule has 0 saturated carbocycles. The van der Waals surface area contributed by atoms with Gasteiger partial charge in [-0.15, -0.1) is 11.3 Å².